The van der Waals surface area contributed by atoms with E-state index in [2.05, 4.69) is 16.6 Å². The number of esters is 1. The van der Waals surface area contributed by atoms with Gasteiger partial charge in [0.25, 0.3) is 0 Å². The van der Waals surface area contributed by atoms with Gasteiger partial charge < -0.3 is 9.40 Å². The second-order valence-electron chi connectivity index (χ2n) is 0.925. The van der Waals surface area contributed by atoms with E-state index >= 15 is 0 Å². The van der Waals surface area contributed by atoms with Crippen LogP contribution in [0.5, 0.6) is 0 Å². The third kappa shape index (κ3) is 28.5. The summed E-state index contributed by atoms with van der Waals surface area (Å²) in [5.74, 6) is -0.211. The first-order chi connectivity index (χ1) is 3.77. The van der Waals surface area contributed by atoms with Crippen molar-refractivity contribution in [3.63, 3.8) is 0 Å². The summed E-state index contributed by atoms with van der Waals surface area (Å²) < 4.78 is 12.1. The van der Waals surface area contributed by atoms with Crippen molar-refractivity contribution in [3.05, 3.63) is 0 Å². The number of carbonyl (C=O) groups is 1. The van der Waals surface area contributed by atoms with Crippen LogP contribution in [0.25, 0.3) is 0 Å². The maximum absolute atomic E-state index is 9.82. The van der Waals surface area contributed by atoms with Gasteiger partial charge in [-0.15, -0.1) is 0 Å². The zero-order valence-corrected chi connectivity index (χ0v) is 8.57. The molecule has 0 radical (unpaired) electrons. The number of carbonyl (C=O) groups excluding carboxylic acids is 1. The molecule has 0 aliphatic heterocycles. The summed E-state index contributed by atoms with van der Waals surface area (Å²) in [5, 5.41) is 0. The van der Waals surface area contributed by atoms with Gasteiger partial charge in [0.15, 0.2) is 0 Å². The van der Waals surface area contributed by atoms with E-state index < -0.39 is 0 Å². The Bertz CT molecular complexity index is 59.8. The molecule has 0 bridgehead atoms. The molecule has 0 aliphatic rings. The SMILES string of the molecule is CCOC(C)=O.[Na+].[O-]Cl. The summed E-state index contributed by atoms with van der Waals surface area (Å²) in [4.78, 5) is 9.82. The van der Waals surface area contributed by atoms with Gasteiger partial charge in [-0.1, -0.05) is 0 Å². The predicted octanol–water partition coefficient (Wildman–Crippen LogP) is -2.93. The molecular weight excluding hydrogens is 154 g/mol. The van der Waals surface area contributed by atoms with Crippen LogP contribution >= 0.6 is 11.9 Å². The van der Waals surface area contributed by atoms with Gasteiger partial charge in [0.2, 0.25) is 0 Å². The van der Waals surface area contributed by atoms with Gasteiger partial charge in [-0.25, -0.2) is 11.9 Å². The summed E-state index contributed by atoms with van der Waals surface area (Å²) in [5.41, 5.74) is 0. The molecule has 0 saturated carbocycles. The fourth-order valence-electron chi connectivity index (χ4n) is 0.203. The van der Waals surface area contributed by atoms with Gasteiger partial charge in [-0.2, -0.15) is 0 Å². The Morgan fingerprint density at radius 3 is 2.00 bits per heavy atom. The van der Waals surface area contributed by atoms with E-state index in [1.165, 1.54) is 6.92 Å². The Balaban J connectivity index is -0.000000109. The minimum atomic E-state index is -0.211. The molecule has 50 valence electrons. The molecule has 5 heteroatoms. The first kappa shape index (κ1) is 16.4. The van der Waals surface area contributed by atoms with Crippen LogP contribution in [0.15, 0.2) is 0 Å². The molecule has 0 aromatic heterocycles. The molecule has 0 unspecified atom stereocenters. The Labute approximate surface area is 81.8 Å². The number of hydrogen-bond acceptors (Lipinski definition) is 3. The van der Waals surface area contributed by atoms with Crippen molar-refractivity contribution >= 4 is 17.8 Å². The number of ether oxygens (including phenoxy) is 1. The van der Waals surface area contributed by atoms with Gasteiger partial charge in [0.1, 0.15) is 0 Å². The van der Waals surface area contributed by atoms with Gasteiger partial charge in [0.05, 0.1) is 6.61 Å². The van der Waals surface area contributed by atoms with Crippen molar-refractivity contribution < 1.29 is 43.7 Å². The van der Waals surface area contributed by atoms with Crippen LogP contribution in [-0.4, -0.2) is 12.6 Å². The molecule has 0 saturated heterocycles. The van der Waals surface area contributed by atoms with E-state index in [0.29, 0.717) is 6.61 Å². The van der Waals surface area contributed by atoms with E-state index in [1.54, 1.807) is 6.92 Å². The minimum absolute atomic E-state index is 0. The summed E-state index contributed by atoms with van der Waals surface area (Å²) in [6.07, 6.45) is 0. The second kappa shape index (κ2) is 15.9. The second-order valence-corrected chi connectivity index (χ2v) is 0.925. The molecule has 0 fully saturated rings. The van der Waals surface area contributed by atoms with Crippen LogP contribution in [0.4, 0.5) is 0 Å². The molecule has 0 atom stereocenters. The van der Waals surface area contributed by atoms with Crippen LogP contribution < -0.4 is 34.2 Å². The van der Waals surface area contributed by atoms with E-state index in [4.69, 9.17) is 4.66 Å². The van der Waals surface area contributed by atoms with Crippen molar-refractivity contribution in [1.29, 1.82) is 0 Å². The number of halogens is 1. The molecular formula is C4H8ClNaO3. The first-order valence-electron chi connectivity index (χ1n) is 2.06. The van der Waals surface area contributed by atoms with Crippen LogP contribution in [0.3, 0.4) is 0 Å². The molecule has 0 aromatic rings. The fourth-order valence-corrected chi connectivity index (χ4v) is 0.203. The van der Waals surface area contributed by atoms with Crippen LogP contribution in [0.1, 0.15) is 13.8 Å². The van der Waals surface area contributed by atoms with E-state index in [0.717, 1.165) is 0 Å². The first-order valence-corrected chi connectivity index (χ1v) is 2.37. The standard InChI is InChI=1S/C4H8O2.ClO.Na/c1-3-6-4(2)5;1-2;/h3H2,1-2H3;;/q;-1;+1. The Hall–Kier alpha value is 0.720. The molecule has 3 nitrogen and oxygen atoms in total. The average Bonchev–Trinajstić information content (AvgIpc) is 1.72. The van der Waals surface area contributed by atoms with Crippen molar-refractivity contribution in [2.45, 2.75) is 13.8 Å². The normalized spacial score (nSPS) is 5.78. The van der Waals surface area contributed by atoms with Crippen molar-refractivity contribution in [2.24, 2.45) is 0 Å². The quantitative estimate of drug-likeness (QED) is 0.307. The van der Waals surface area contributed by atoms with Gasteiger partial charge in [-0.05, 0) is 6.92 Å². The monoisotopic (exact) mass is 162 g/mol. The fraction of sp³-hybridized carbons (Fsp3) is 0.750. The zero-order valence-electron chi connectivity index (χ0n) is 5.81. The summed E-state index contributed by atoms with van der Waals surface area (Å²) in [7, 11) is 0. The molecule has 0 N–H and O–H groups in total. The van der Waals surface area contributed by atoms with E-state index in [1.807, 2.05) is 0 Å². The van der Waals surface area contributed by atoms with Gasteiger partial charge >= 0.3 is 35.5 Å². The topological polar surface area (TPSA) is 49.4 Å². The zero-order chi connectivity index (χ0) is 6.99. The molecule has 9 heavy (non-hydrogen) atoms. The van der Waals surface area contributed by atoms with E-state index in [9.17, 15) is 4.79 Å². The molecule has 0 amide bonds. The average molecular weight is 163 g/mol. The van der Waals surface area contributed by atoms with Gasteiger partial charge in [-0.3, -0.25) is 4.79 Å². The third-order valence-electron chi connectivity index (χ3n) is 0.348. The Morgan fingerprint density at radius 1 is 1.67 bits per heavy atom. The third-order valence-corrected chi connectivity index (χ3v) is 0.348. The van der Waals surface area contributed by atoms with Crippen molar-refractivity contribution in [3.8, 4) is 0 Å². The molecule has 0 spiro atoms. The molecule has 0 aliphatic carbocycles. The smallest absolute Gasteiger partial charge is 0.769 e. The Kier molecular flexibility index (Phi) is 28.9. The van der Waals surface area contributed by atoms with Crippen molar-refractivity contribution in [2.75, 3.05) is 6.61 Å². The molecule has 0 aromatic carbocycles. The minimum Gasteiger partial charge on any atom is -0.769 e. The number of hydrogen-bond donors (Lipinski definition) is 0. The maximum Gasteiger partial charge on any atom is 1.00 e. The molecule has 0 heterocycles. The van der Waals surface area contributed by atoms with E-state index in [-0.39, 0.29) is 35.5 Å². The van der Waals surface area contributed by atoms with Crippen LogP contribution in [-0.2, 0) is 9.53 Å². The summed E-state index contributed by atoms with van der Waals surface area (Å²) >= 11 is 3.39. The van der Waals surface area contributed by atoms with Gasteiger partial charge in [0, 0.05) is 6.92 Å². The largest absolute Gasteiger partial charge is 1.00 e. The molecule has 0 rings (SSSR count). The van der Waals surface area contributed by atoms with Crippen LogP contribution in [0, 0.1) is 0 Å². The maximum atomic E-state index is 9.82. The Morgan fingerprint density at radius 2 is 2.00 bits per heavy atom. The van der Waals surface area contributed by atoms with Crippen LogP contribution in [0.2, 0.25) is 0 Å². The summed E-state index contributed by atoms with van der Waals surface area (Å²) in [6.45, 7) is 3.65. The van der Waals surface area contributed by atoms with Crippen molar-refractivity contribution in [1.82, 2.24) is 0 Å². The number of rotatable bonds is 1. The predicted molar refractivity (Wildman–Crippen MR) is 28.2 cm³/mol. The summed E-state index contributed by atoms with van der Waals surface area (Å²) in [6, 6.07) is 0.